The first kappa shape index (κ1) is 11.2. The molecule has 5 heteroatoms. The van der Waals surface area contributed by atoms with Crippen molar-refractivity contribution >= 4 is 17.7 Å². The summed E-state index contributed by atoms with van der Waals surface area (Å²) in [6.45, 7) is -0.435. The highest BCUT2D eigenvalue weighted by Gasteiger charge is 2.38. The summed E-state index contributed by atoms with van der Waals surface area (Å²) >= 11 is 1.75. The Morgan fingerprint density at radius 1 is 1.47 bits per heavy atom. The Balaban J connectivity index is 2.18. The molecule has 0 aromatic rings. The Bertz CT molecular complexity index is 252. The second-order valence-corrected chi connectivity index (χ2v) is 5.49. The van der Waals surface area contributed by atoms with Crippen LogP contribution < -0.4 is 5.73 Å². The number of fused-ring (bicyclic) bond motifs is 1. The van der Waals surface area contributed by atoms with E-state index in [0.717, 1.165) is 31.4 Å². The molecule has 2 saturated heterocycles. The molecule has 0 radical (unpaired) electrons. The van der Waals surface area contributed by atoms with Gasteiger partial charge in [-0.1, -0.05) is 0 Å². The van der Waals surface area contributed by atoms with Crippen LogP contribution in [0.25, 0.3) is 0 Å². The Labute approximate surface area is 93.6 Å². The predicted molar refractivity (Wildman–Crippen MR) is 59.3 cm³/mol. The molecule has 2 rings (SSSR count). The lowest BCUT2D eigenvalue weighted by Gasteiger charge is -2.40. The standard InChI is InChI=1S/C10H17FN2OS/c11-6-7-2-1-3-9-13(7)10(14)8(12)4-5-15-9/h7-9H,1-6,12H2/t7-,8-,9-/m0/s1. The number of alkyl halides is 1. The van der Waals surface area contributed by atoms with Crippen molar-refractivity contribution in [3.8, 4) is 0 Å². The normalized spacial score (nSPS) is 37.3. The SMILES string of the molecule is N[C@H]1CCS[C@H]2CCC[C@@H](CF)N2C1=O. The highest BCUT2D eigenvalue weighted by Crippen LogP contribution is 2.33. The predicted octanol–water partition coefficient (Wildman–Crippen LogP) is 1.13. The quantitative estimate of drug-likeness (QED) is 0.737. The maximum Gasteiger partial charge on any atom is 0.240 e. The van der Waals surface area contributed by atoms with Crippen LogP contribution in [0, 0.1) is 0 Å². The molecule has 2 N–H and O–H groups in total. The first-order valence-electron chi connectivity index (χ1n) is 5.49. The van der Waals surface area contributed by atoms with Crippen LogP contribution in [0.5, 0.6) is 0 Å². The highest BCUT2D eigenvalue weighted by atomic mass is 32.2. The van der Waals surface area contributed by atoms with Gasteiger partial charge in [-0.2, -0.15) is 0 Å². The molecule has 0 aromatic heterocycles. The molecule has 86 valence electrons. The van der Waals surface area contributed by atoms with Gasteiger partial charge in [-0.25, -0.2) is 4.39 Å². The molecule has 0 spiro atoms. The minimum absolute atomic E-state index is 0.0487. The molecule has 1 amide bonds. The van der Waals surface area contributed by atoms with E-state index >= 15 is 0 Å². The van der Waals surface area contributed by atoms with Crippen LogP contribution in [0.1, 0.15) is 25.7 Å². The Morgan fingerprint density at radius 2 is 2.27 bits per heavy atom. The van der Waals surface area contributed by atoms with Gasteiger partial charge in [-0.15, -0.1) is 11.8 Å². The monoisotopic (exact) mass is 232 g/mol. The average molecular weight is 232 g/mol. The van der Waals surface area contributed by atoms with Gasteiger partial charge in [0.2, 0.25) is 5.91 Å². The van der Waals surface area contributed by atoms with E-state index < -0.39 is 12.7 Å². The lowest BCUT2D eigenvalue weighted by molar-refractivity contribution is -0.137. The smallest absolute Gasteiger partial charge is 0.240 e. The summed E-state index contributed by atoms with van der Waals surface area (Å²) in [5.41, 5.74) is 5.78. The van der Waals surface area contributed by atoms with Crippen molar-refractivity contribution in [3.05, 3.63) is 0 Å². The molecule has 3 atom stereocenters. The maximum atomic E-state index is 12.8. The van der Waals surface area contributed by atoms with Crippen LogP contribution >= 0.6 is 11.8 Å². The minimum Gasteiger partial charge on any atom is -0.324 e. The van der Waals surface area contributed by atoms with Gasteiger partial charge in [0, 0.05) is 0 Å². The van der Waals surface area contributed by atoms with Crippen LogP contribution in [-0.2, 0) is 4.79 Å². The lowest BCUT2D eigenvalue weighted by Crippen LogP contribution is -2.53. The minimum atomic E-state index is -0.435. The van der Waals surface area contributed by atoms with Gasteiger partial charge in [-0.3, -0.25) is 4.79 Å². The van der Waals surface area contributed by atoms with E-state index in [0.29, 0.717) is 0 Å². The molecule has 0 bridgehead atoms. The number of carbonyl (C=O) groups excluding carboxylic acids is 1. The molecule has 2 aliphatic heterocycles. The topological polar surface area (TPSA) is 46.3 Å². The van der Waals surface area contributed by atoms with E-state index in [1.807, 2.05) is 0 Å². The zero-order valence-corrected chi connectivity index (χ0v) is 9.51. The summed E-state index contributed by atoms with van der Waals surface area (Å²) in [4.78, 5) is 13.7. The Kier molecular flexibility index (Phi) is 3.51. The third kappa shape index (κ3) is 2.13. The van der Waals surface area contributed by atoms with Gasteiger partial charge in [0.25, 0.3) is 0 Å². The molecular weight excluding hydrogens is 215 g/mol. The zero-order valence-electron chi connectivity index (χ0n) is 8.69. The van der Waals surface area contributed by atoms with Crippen LogP contribution in [-0.4, -0.2) is 40.7 Å². The molecule has 2 aliphatic rings. The van der Waals surface area contributed by atoms with Crippen molar-refractivity contribution in [2.24, 2.45) is 5.73 Å². The largest absolute Gasteiger partial charge is 0.324 e. The summed E-state index contributed by atoms with van der Waals surface area (Å²) in [5.74, 6) is 0.861. The molecule has 0 unspecified atom stereocenters. The number of hydrogen-bond acceptors (Lipinski definition) is 3. The van der Waals surface area contributed by atoms with E-state index in [2.05, 4.69) is 0 Å². The molecule has 0 aromatic carbocycles. The summed E-state index contributed by atoms with van der Waals surface area (Å²) in [6, 6.07) is -0.650. The molecular formula is C10H17FN2OS. The molecule has 15 heavy (non-hydrogen) atoms. The number of nitrogens with zero attached hydrogens (tertiary/aromatic N) is 1. The van der Waals surface area contributed by atoms with Crippen molar-refractivity contribution in [1.82, 2.24) is 4.90 Å². The maximum absolute atomic E-state index is 12.8. The third-order valence-corrected chi connectivity index (χ3v) is 4.50. The third-order valence-electron chi connectivity index (χ3n) is 3.18. The van der Waals surface area contributed by atoms with Crippen molar-refractivity contribution in [2.45, 2.75) is 43.1 Å². The van der Waals surface area contributed by atoms with Gasteiger partial charge >= 0.3 is 0 Å². The van der Waals surface area contributed by atoms with Crippen LogP contribution in [0.4, 0.5) is 4.39 Å². The molecule has 2 fully saturated rings. The van der Waals surface area contributed by atoms with Gasteiger partial charge in [-0.05, 0) is 31.4 Å². The van der Waals surface area contributed by atoms with E-state index in [4.69, 9.17) is 5.73 Å². The number of nitrogens with two attached hydrogens (primary N) is 1. The molecule has 0 saturated carbocycles. The first-order chi connectivity index (χ1) is 7.24. The second-order valence-electron chi connectivity index (χ2n) is 4.21. The van der Waals surface area contributed by atoms with Crippen molar-refractivity contribution in [2.75, 3.05) is 12.4 Å². The van der Waals surface area contributed by atoms with E-state index in [1.165, 1.54) is 0 Å². The van der Waals surface area contributed by atoms with Crippen LogP contribution in [0.2, 0.25) is 0 Å². The number of hydrogen-bond donors (Lipinski definition) is 1. The van der Waals surface area contributed by atoms with Crippen molar-refractivity contribution in [1.29, 1.82) is 0 Å². The lowest BCUT2D eigenvalue weighted by atomic mass is 10.0. The highest BCUT2D eigenvalue weighted by molar-refractivity contribution is 7.99. The number of rotatable bonds is 1. The van der Waals surface area contributed by atoms with E-state index in [9.17, 15) is 9.18 Å². The fourth-order valence-corrected chi connectivity index (χ4v) is 3.76. The van der Waals surface area contributed by atoms with Crippen LogP contribution in [0.15, 0.2) is 0 Å². The second kappa shape index (κ2) is 4.70. The zero-order chi connectivity index (χ0) is 10.8. The number of halogens is 1. The fraction of sp³-hybridized carbons (Fsp3) is 0.900. The molecule has 0 aliphatic carbocycles. The Hall–Kier alpha value is -0.290. The van der Waals surface area contributed by atoms with Crippen molar-refractivity contribution in [3.63, 3.8) is 0 Å². The number of amides is 1. The van der Waals surface area contributed by atoms with E-state index in [1.54, 1.807) is 16.7 Å². The number of piperidine rings is 1. The summed E-state index contributed by atoms with van der Waals surface area (Å²) in [6.07, 6.45) is 3.51. The first-order valence-corrected chi connectivity index (χ1v) is 6.54. The van der Waals surface area contributed by atoms with Gasteiger partial charge < -0.3 is 10.6 Å². The van der Waals surface area contributed by atoms with Crippen molar-refractivity contribution < 1.29 is 9.18 Å². The van der Waals surface area contributed by atoms with Gasteiger partial charge in [0.1, 0.15) is 6.67 Å². The van der Waals surface area contributed by atoms with Gasteiger partial charge in [0.15, 0.2) is 0 Å². The summed E-state index contributed by atoms with van der Waals surface area (Å²) < 4.78 is 12.8. The fourth-order valence-electron chi connectivity index (χ4n) is 2.32. The summed E-state index contributed by atoms with van der Waals surface area (Å²) in [7, 11) is 0. The number of thioether (sulfide) groups is 1. The molecule has 2 heterocycles. The van der Waals surface area contributed by atoms with Crippen LogP contribution in [0.3, 0.4) is 0 Å². The van der Waals surface area contributed by atoms with E-state index in [-0.39, 0.29) is 17.3 Å². The number of carbonyl (C=O) groups is 1. The Morgan fingerprint density at radius 3 is 3.00 bits per heavy atom. The average Bonchev–Trinajstić information content (AvgIpc) is 2.40. The molecule has 3 nitrogen and oxygen atoms in total. The van der Waals surface area contributed by atoms with Gasteiger partial charge in [0.05, 0.1) is 17.5 Å². The summed E-state index contributed by atoms with van der Waals surface area (Å²) in [5, 5.41) is 0.167.